The Morgan fingerprint density at radius 1 is 1.25 bits per heavy atom. The zero-order valence-corrected chi connectivity index (χ0v) is 11.7. The number of aliphatic carboxylic acids is 1. The molecule has 82 valence electrons. The molecule has 0 amide bonds. The number of carbonyl (C=O) groups is 2. The van der Waals surface area contributed by atoms with Crippen molar-refractivity contribution in [3.05, 3.63) is 42.3 Å². The Morgan fingerprint density at radius 2 is 1.69 bits per heavy atom. The smallest absolute Gasteiger partial charge is 0.394 e. The number of nitrogens with two attached hydrogens (primary N) is 1. The van der Waals surface area contributed by atoms with Crippen LogP contribution in [0.15, 0.2) is 24.3 Å². The predicted octanol–water partition coefficient (Wildman–Crippen LogP) is 0.594. The van der Waals surface area contributed by atoms with Gasteiger partial charge < -0.3 is 15.9 Å². The van der Waals surface area contributed by atoms with E-state index in [9.17, 15) is 9.59 Å². The van der Waals surface area contributed by atoms with Crippen LogP contribution in [0.3, 0.4) is 0 Å². The third-order valence-corrected chi connectivity index (χ3v) is 1.42. The summed E-state index contributed by atoms with van der Waals surface area (Å²) in [4.78, 5) is 19.6. The van der Waals surface area contributed by atoms with Gasteiger partial charge in [-0.1, -0.05) is 0 Å². The van der Waals surface area contributed by atoms with Gasteiger partial charge in [0.25, 0.3) is 0 Å². The molecule has 0 saturated carbocycles. The summed E-state index contributed by atoms with van der Waals surface area (Å²) in [5.41, 5.74) is 5.39. The van der Waals surface area contributed by atoms with E-state index in [1.54, 1.807) is 18.2 Å². The summed E-state index contributed by atoms with van der Waals surface area (Å²) in [5, 5.41) is 16.1. The van der Waals surface area contributed by atoms with Crippen molar-refractivity contribution in [1.29, 1.82) is 0 Å². The van der Waals surface area contributed by atoms with Crippen LogP contribution in [0, 0.1) is 6.92 Å². The van der Waals surface area contributed by atoms with E-state index in [0.29, 0.717) is 5.56 Å². The van der Waals surface area contributed by atoms with Gasteiger partial charge in [0.2, 0.25) is 0 Å². The fourth-order valence-electron chi connectivity index (χ4n) is 0.729. The molecule has 0 aliphatic carbocycles. The minimum atomic E-state index is -0.968. The monoisotopic (exact) mass is 274 g/mol. The van der Waals surface area contributed by atoms with Crippen LogP contribution in [0.25, 0.3) is 0 Å². The number of aromatic carboxylic acids is 1. The number of hydrogen-bond donors (Lipinski definition) is 3. The predicted molar refractivity (Wildman–Crippen MR) is 54.6 cm³/mol. The first-order valence-electron chi connectivity index (χ1n) is 4.05. The van der Waals surface area contributed by atoms with E-state index < -0.39 is 11.9 Å². The molecule has 4 N–H and O–H groups in total. The second kappa shape index (κ2) is 8.88. The molecule has 1 aromatic carbocycles. The average molecular weight is 276 g/mol. The minimum Gasteiger partial charge on any atom is -0.480 e. The SMILES string of the molecule is NCC(=O)O.[CH2+]c1ccccc1C(=O)O.[Zn]. The molecule has 1 rings (SSSR count). The third-order valence-electron chi connectivity index (χ3n) is 1.42. The molecule has 0 spiro atoms. The van der Waals surface area contributed by atoms with Gasteiger partial charge >= 0.3 is 11.9 Å². The third kappa shape index (κ3) is 6.98. The number of benzene rings is 1. The molecule has 6 heteroatoms. The first kappa shape index (κ1) is 17.0. The van der Waals surface area contributed by atoms with Crippen molar-refractivity contribution >= 4 is 11.9 Å². The van der Waals surface area contributed by atoms with Crippen molar-refractivity contribution in [3.8, 4) is 0 Å². The van der Waals surface area contributed by atoms with E-state index in [0.717, 1.165) is 0 Å². The maximum absolute atomic E-state index is 10.4. The Labute approximate surface area is 106 Å². The second-order valence-corrected chi connectivity index (χ2v) is 2.56. The summed E-state index contributed by atoms with van der Waals surface area (Å²) >= 11 is 0. The Hall–Kier alpha value is -1.39. The van der Waals surface area contributed by atoms with Gasteiger partial charge in [-0.05, 0) is 12.1 Å². The molecule has 0 bridgehead atoms. The van der Waals surface area contributed by atoms with Crippen molar-refractivity contribution in [2.45, 2.75) is 0 Å². The molecular formula is C10H12NO4Zn+. The molecule has 0 unspecified atom stereocenters. The molecule has 16 heavy (non-hydrogen) atoms. The largest absolute Gasteiger partial charge is 0.480 e. The summed E-state index contributed by atoms with van der Waals surface area (Å²) in [7, 11) is 0. The summed E-state index contributed by atoms with van der Waals surface area (Å²) in [6.07, 6.45) is 0. The molecule has 0 aromatic heterocycles. The molecule has 0 atom stereocenters. The fourth-order valence-corrected chi connectivity index (χ4v) is 0.729. The number of carboxylic acid groups (broad SMARTS) is 2. The number of carboxylic acids is 2. The van der Waals surface area contributed by atoms with E-state index in [1.807, 2.05) is 0 Å². The number of rotatable bonds is 2. The van der Waals surface area contributed by atoms with Gasteiger partial charge in [-0.15, -0.1) is 0 Å². The van der Waals surface area contributed by atoms with Crippen LogP contribution < -0.4 is 5.73 Å². The molecule has 0 radical (unpaired) electrons. The molecule has 5 nitrogen and oxygen atoms in total. The first-order chi connectivity index (χ1) is 6.99. The van der Waals surface area contributed by atoms with Gasteiger partial charge in [0.15, 0.2) is 5.56 Å². The van der Waals surface area contributed by atoms with Gasteiger partial charge in [-0.2, -0.15) is 0 Å². The van der Waals surface area contributed by atoms with Crippen LogP contribution >= 0.6 is 0 Å². The Kier molecular flexibility index (Phi) is 9.45. The molecule has 0 heterocycles. The Morgan fingerprint density at radius 3 is 1.94 bits per heavy atom. The van der Waals surface area contributed by atoms with E-state index in [-0.39, 0.29) is 31.6 Å². The zero-order chi connectivity index (χ0) is 11.8. The zero-order valence-electron chi connectivity index (χ0n) is 8.72. The van der Waals surface area contributed by atoms with Crippen LogP contribution in [0.5, 0.6) is 0 Å². The van der Waals surface area contributed by atoms with E-state index >= 15 is 0 Å². The van der Waals surface area contributed by atoms with Gasteiger partial charge in [-0.3, -0.25) is 4.79 Å². The molecular weight excluding hydrogens is 264 g/mol. The van der Waals surface area contributed by atoms with Crippen LogP contribution in [0.1, 0.15) is 15.9 Å². The fraction of sp³-hybridized carbons (Fsp3) is 0.100. The summed E-state index contributed by atoms with van der Waals surface area (Å²) in [5.74, 6) is -1.89. The van der Waals surface area contributed by atoms with Crippen molar-refractivity contribution in [3.63, 3.8) is 0 Å². The van der Waals surface area contributed by atoms with E-state index in [1.165, 1.54) is 6.07 Å². The number of hydrogen-bond acceptors (Lipinski definition) is 3. The topological polar surface area (TPSA) is 101 Å². The van der Waals surface area contributed by atoms with Gasteiger partial charge in [0, 0.05) is 38.5 Å². The van der Waals surface area contributed by atoms with Crippen molar-refractivity contribution in [2.75, 3.05) is 6.54 Å². The average Bonchev–Trinajstić information content (AvgIpc) is 2.19. The molecule has 0 aliphatic rings. The minimum absolute atomic E-state index is 0. The molecule has 0 aliphatic heterocycles. The van der Waals surface area contributed by atoms with Gasteiger partial charge in [0.05, 0.1) is 6.54 Å². The van der Waals surface area contributed by atoms with Gasteiger partial charge in [0.1, 0.15) is 5.56 Å². The molecule has 0 saturated heterocycles. The van der Waals surface area contributed by atoms with Crippen molar-refractivity contribution in [1.82, 2.24) is 0 Å². The molecule has 1 aromatic rings. The maximum atomic E-state index is 10.4. The quantitative estimate of drug-likeness (QED) is 0.542. The van der Waals surface area contributed by atoms with E-state index in [4.69, 9.17) is 10.2 Å². The van der Waals surface area contributed by atoms with Crippen LogP contribution in [0.4, 0.5) is 0 Å². The maximum Gasteiger partial charge on any atom is 0.394 e. The van der Waals surface area contributed by atoms with Gasteiger partial charge in [-0.25, -0.2) is 4.79 Å². The Balaban J connectivity index is 0. The van der Waals surface area contributed by atoms with Crippen molar-refractivity contribution in [2.24, 2.45) is 5.73 Å². The second-order valence-electron chi connectivity index (χ2n) is 2.56. The van der Waals surface area contributed by atoms with Crippen LogP contribution in [0.2, 0.25) is 0 Å². The summed E-state index contributed by atoms with van der Waals surface area (Å²) in [6.45, 7) is 3.28. The normalized spacial score (nSPS) is 8.06. The Bertz CT molecular complexity index is 354. The standard InChI is InChI=1S/C8H6O2.C2H5NO2.Zn/c1-6-4-2-3-5-7(6)8(9)10;3-1-2(4)5;/h2-5H,1H2;1,3H2,(H,4,5);/p+1. The summed E-state index contributed by atoms with van der Waals surface area (Å²) < 4.78 is 0. The first-order valence-corrected chi connectivity index (χ1v) is 4.05. The van der Waals surface area contributed by atoms with Crippen LogP contribution in [-0.2, 0) is 24.3 Å². The molecule has 0 fully saturated rings. The van der Waals surface area contributed by atoms with Crippen LogP contribution in [-0.4, -0.2) is 28.7 Å². The van der Waals surface area contributed by atoms with Crippen molar-refractivity contribution < 1.29 is 39.3 Å². The summed E-state index contributed by atoms with van der Waals surface area (Å²) in [6, 6.07) is 6.64. The van der Waals surface area contributed by atoms with E-state index in [2.05, 4.69) is 12.7 Å².